The van der Waals surface area contributed by atoms with Gasteiger partial charge in [-0.25, -0.2) is 0 Å². The molecule has 0 aliphatic heterocycles. The van der Waals surface area contributed by atoms with Crippen LogP contribution in [0.3, 0.4) is 0 Å². The Morgan fingerprint density at radius 1 is 1.38 bits per heavy atom. The van der Waals surface area contributed by atoms with E-state index in [9.17, 15) is 0 Å². The van der Waals surface area contributed by atoms with Gasteiger partial charge in [0.05, 0.1) is 5.94 Å². The fourth-order valence-corrected chi connectivity index (χ4v) is 2.04. The summed E-state index contributed by atoms with van der Waals surface area (Å²) in [7, 11) is 1.72. The third-order valence-corrected chi connectivity index (χ3v) is 3.06. The van der Waals surface area contributed by atoms with Gasteiger partial charge >= 0.3 is 0 Å². The molecule has 0 aliphatic rings. The van der Waals surface area contributed by atoms with Gasteiger partial charge in [0.15, 0.2) is 0 Å². The molecule has 1 aromatic rings. The summed E-state index contributed by atoms with van der Waals surface area (Å²) >= 11 is 1.72. The standard InChI is InChI=1S/C13H21NOS/c1-11(2)8-14-9-12-5-4-6-13(7-12)16-10-15-3/h4-7,11,14H,8-10H2,1-3H3. The predicted molar refractivity (Wildman–Crippen MR) is 70.7 cm³/mol. The van der Waals surface area contributed by atoms with E-state index in [1.165, 1.54) is 10.5 Å². The number of rotatable bonds is 7. The van der Waals surface area contributed by atoms with E-state index < -0.39 is 0 Å². The molecule has 1 rings (SSSR count). The zero-order valence-electron chi connectivity index (χ0n) is 10.3. The molecule has 2 nitrogen and oxygen atoms in total. The van der Waals surface area contributed by atoms with Crippen LogP contribution in [-0.4, -0.2) is 19.6 Å². The van der Waals surface area contributed by atoms with Gasteiger partial charge in [0.25, 0.3) is 0 Å². The van der Waals surface area contributed by atoms with Crippen molar-refractivity contribution in [2.24, 2.45) is 5.92 Å². The Bertz CT molecular complexity index is 302. The number of thioether (sulfide) groups is 1. The first kappa shape index (κ1) is 13.6. The van der Waals surface area contributed by atoms with Gasteiger partial charge in [0.2, 0.25) is 0 Å². The monoisotopic (exact) mass is 239 g/mol. The van der Waals surface area contributed by atoms with Crippen LogP contribution < -0.4 is 5.32 Å². The molecular weight excluding hydrogens is 218 g/mol. The van der Waals surface area contributed by atoms with Crippen LogP contribution in [0.2, 0.25) is 0 Å². The van der Waals surface area contributed by atoms with Crippen molar-refractivity contribution in [3.8, 4) is 0 Å². The highest BCUT2D eigenvalue weighted by atomic mass is 32.2. The molecule has 16 heavy (non-hydrogen) atoms. The zero-order chi connectivity index (χ0) is 11.8. The van der Waals surface area contributed by atoms with Crippen LogP contribution in [0, 0.1) is 5.92 Å². The molecule has 1 aromatic carbocycles. The summed E-state index contributed by atoms with van der Waals surface area (Å²) in [6.45, 7) is 6.45. The Balaban J connectivity index is 2.40. The molecule has 0 bridgehead atoms. The highest BCUT2D eigenvalue weighted by Crippen LogP contribution is 2.18. The molecule has 0 spiro atoms. The third kappa shape index (κ3) is 5.54. The fourth-order valence-electron chi connectivity index (χ4n) is 1.38. The number of hydrogen-bond donors (Lipinski definition) is 1. The Labute approximate surface area is 103 Å². The Kier molecular flexibility index (Phi) is 6.53. The van der Waals surface area contributed by atoms with E-state index in [-0.39, 0.29) is 0 Å². The number of benzene rings is 1. The minimum atomic E-state index is 0.700. The van der Waals surface area contributed by atoms with Gasteiger partial charge in [0.1, 0.15) is 0 Å². The van der Waals surface area contributed by atoms with E-state index in [1.54, 1.807) is 18.9 Å². The van der Waals surface area contributed by atoms with E-state index in [0.717, 1.165) is 13.1 Å². The Morgan fingerprint density at radius 2 is 2.19 bits per heavy atom. The lowest BCUT2D eigenvalue weighted by Gasteiger charge is -2.08. The van der Waals surface area contributed by atoms with Crippen molar-refractivity contribution < 1.29 is 4.74 Å². The molecule has 3 heteroatoms. The van der Waals surface area contributed by atoms with Gasteiger partial charge in [-0.15, -0.1) is 0 Å². The molecule has 0 heterocycles. The Morgan fingerprint density at radius 3 is 2.88 bits per heavy atom. The Hall–Kier alpha value is -0.510. The fraction of sp³-hybridized carbons (Fsp3) is 0.538. The maximum absolute atomic E-state index is 5.05. The SMILES string of the molecule is COCSc1cccc(CNCC(C)C)c1. The summed E-state index contributed by atoms with van der Waals surface area (Å²) in [5.41, 5.74) is 1.33. The molecule has 0 aliphatic carbocycles. The second kappa shape index (κ2) is 7.71. The number of methoxy groups -OCH3 is 1. The van der Waals surface area contributed by atoms with Crippen LogP contribution >= 0.6 is 11.8 Å². The minimum Gasteiger partial charge on any atom is -0.374 e. The molecule has 0 aromatic heterocycles. The van der Waals surface area contributed by atoms with Crippen molar-refractivity contribution in [2.45, 2.75) is 25.3 Å². The molecule has 90 valence electrons. The minimum absolute atomic E-state index is 0.700. The highest BCUT2D eigenvalue weighted by molar-refractivity contribution is 7.99. The van der Waals surface area contributed by atoms with Crippen molar-refractivity contribution in [2.75, 3.05) is 19.6 Å². The van der Waals surface area contributed by atoms with E-state index in [1.807, 2.05) is 0 Å². The zero-order valence-corrected chi connectivity index (χ0v) is 11.1. The van der Waals surface area contributed by atoms with Crippen LogP contribution in [0.1, 0.15) is 19.4 Å². The molecule has 1 N–H and O–H groups in total. The second-order valence-corrected chi connectivity index (χ2v) is 5.22. The van der Waals surface area contributed by atoms with Crippen LogP contribution in [0.4, 0.5) is 0 Å². The van der Waals surface area contributed by atoms with Crippen molar-refractivity contribution in [1.82, 2.24) is 5.32 Å². The average Bonchev–Trinajstić information content (AvgIpc) is 2.26. The van der Waals surface area contributed by atoms with Gasteiger partial charge in [0, 0.05) is 18.6 Å². The quantitative estimate of drug-likeness (QED) is 0.583. The second-order valence-electron chi connectivity index (χ2n) is 4.22. The van der Waals surface area contributed by atoms with E-state index in [4.69, 9.17) is 4.74 Å². The van der Waals surface area contributed by atoms with Crippen molar-refractivity contribution in [3.63, 3.8) is 0 Å². The maximum atomic E-state index is 5.05. The van der Waals surface area contributed by atoms with Gasteiger partial charge in [-0.2, -0.15) is 0 Å². The smallest absolute Gasteiger partial charge is 0.0963 e. The topological polar surface area (TPSA) is 21.3 Å². The summed E-state index contributed by atoms with van der Waals surface area (Å²) in [6, 6.07) is 8.60. The molecule has 0 saturated heterocycles. The predicted octanol–water partition coefficient (Wildman–Crippen LogP) is 3.13. The van der Waals surface area contributed by atoms with Crippen molar-refractivity contribution >= 4 is 11.8 Å². The van der Waals surface area contributed by atoms with E-state index in [2.05, 4.69) is 43.4 Å². The molecule has 0 unspecified atom stereocenters. The normalized spacial score (nSPS) is 11.0. The van der Waals surface area contributed by atoms with Crippen LogP contribution in [0.25, 0.3) is 0 Å². The van der Waals surface area contributed by atoms with Gasteiger partial charge in [-0.1, -0.05) is 37.7 Å². The lowest BCUT2D eigenvalue weighted by Crippen LogP contribution is -2.18. The van der Waals surface area contributed by atoms with Gasteiger partial charge in [-0.05, 0) is 30.2 Å². The molecule has 0 saturated carbocycles. The largest absolute Gasteiger partial charge is 0.374 e. The van der Waals surface area contributed by atoms with Gasteiger partial charge < -0.3 is 10.1 Å². The van der Waals surface area contributed by atoms with E-state index in [0.29, 0.717) is 11.9 Å². The number of hydrogen-bond acceptors (Lipinski definition) is 3. The number of ether oxygens (including phenoxy) is 1. The lowest BCUT2D eigenvalue weighted by atomic mass is 10.2. The molecule has 0 radical (unpaired) electrons. The van der Waals surface area contributed by atoms with Crippen molar-refractivity contribution in [1.29, 1.82) is 0 Å². The first-order valence-corrected chi connectivity index (χ1v) is 6.62. The summed E-state index contributed by atoms with van der Waals surface area (Å²) < 4.78 is 5.05. The summed E-state index contributed by atoms with van der Waals surface area (Å²) in [5, 5.41) is 3.44. The van der Waals surface area contributed by atoms with Crippen LogP contribution in [-0.2, 0) is 11.3 Å². The van der Waals surface area contributed by atoms with Crippen LogP contribution in [0.5, 0.6) is 0 Å². The first-order chi connectivity index (χ1) is 7.72. The summed E-state index contributed by atoms with van der Waals surface area (Å²) in [4.78, 5) is 1.27. The summed E-state index contributed by atoms with van der Waals surface area (Å²) in [6.07, 6.45) is 0. The highest BCUT2D eigenvalue weighted by Gasteiger charge is 1.97. The van der Waals surface area contributed by atoms with Crippen molar-refractivity contribution in [3.05, 3.63) is 29.8 Å². The molecular formula is C13H21NOS. The average molecular weight is 239 g/mol. The number of nitrogens with one attached hydrogen (secondary N) is 1. The first-order valence-electron chi connectivity index (χ1n) is 5.63. The molecule has 0 amide bonds. The van der Waals surface area contributed by atoms with Gasteiger partial charge in [-0.3, -0.25) is 0 Å². The third-order valence-electron chi connectivity index (χ3n) is 2.12. The maximum Gasteiger partial charge on any atom is 0.0963 e. The van der Waals surface area contributed by atoms with E-state index >= 15 is 0 Å². The molecule has 0 fully saturated rings. The molecule has 0 atom stereocenters. The summed E-state index contributed by atoms with van der Waals surface area (Å²) in [5.74, 6) is 1.41. The lowest BCUT2D eigenvalue weighted by molar-refractivity contribution is 0.259. The van der Waals surface area contributed by atoms with Crippen LogP contribution in [0.15, 0.2) is 29.2 Å².